The Bertz CT molecular complexity index is 517. The van der Waals surface area contributed by atoms with Crippen molar-refractivity contribution in [1.82, 2.24) is 0 Å². The Kier molecular flexibility index (Phi) is 4.71. The number of carbonyl (C=O) groups excluding carboxylic acids is 2. The molecule has 0 aliphatic heterocycles. The Morgan fingerprint density at radius 3 is 2.11 bits per heavy atom. The van der Waals surface area contributed by atoms with Gasteiger partial charge in [0.1, 0.15) is 0 Å². The third kappa shape index (κ3) is 4.14. The molecule has 19 heavy (non-hydrogen) atoms. The highest BCUT2D eigenvalue weighted by Crippen LogP contribution is 2.24. The van der Waals surface area contributed by atoms with E-state index in [1.54, 1.807) is 0 Å². The molecule has 0 bridgehead atoms. The molecule has 8 heteroatoms. The highest BCUT2D eigenvalue weighted by molar-refractivity contribution is 6.31. The molecular weight excluding hydrogens is 274 g/mol. The van der Waals surface area contributed by atoms with Gasteiger partial charge in [-0.05, 0) is 18.2 Å². The van der Waals surface area contributed by atoms with Gasteiger partial charge in [-0.3, -0.25) is 9.59 Å². The number of carboxylic acid groups (broad SMARTS) is 1. The SMILES string of the molecule is NC(=O)CN(CC(N)=O)c1ccc(Cl)cc1C(=O)O. The van der Waals surface area contributed by atoms with E-state index in [0.29, 0.717) is 0 Å². The summed E-state index contributed by atoms with van der Waals surface area (Å²) in [5.41, 5.74) is 10.1. The molecule has 102 valence electrons. The first kappa shape index (κ1) is 14.8. The second-order valence-corrected chi connectivity index (χ2v) is 4.19. The monoisotopic (exact) mass is 285 g/mol. The predicted octanol–water partition coefficient (Wildman–Crippen LogP) is -0.185. The molecule has 0 saturated carbocycles. The average molecular weight is 286 g/mol. The van der Waals surface area contributed by atoms with Gasteiger partial charge in [0.15, 0.2) is 0 Å². The molecule has 0 radical (unpaired) electrons. The van der Waals surface area contributed by atoms with Crippen molar-refractivity contribution in [3.05, 3.63) is 28.8 Å². The van der Waals surface area contributed by atoms with Gasteiger partial charge in [0, 0.05) is 5.02 Å². The topological polar surface area (TPSA) is 127 Å². The highest BCUT2D eigenvalue weighted by atomic mass is 35.5. The Morgan fingerprint density at radius 2 is 1.68 bits per heavy atom. The van der Waals surface area contributed by atoms with Crippen molar-refractivity contribution in [2.45, 2.75) is 0 Å². The fourth-order valence-electron chi connectivity index (χ4n) is 1.56. The zero-order valence-corrected chi connectivity index (χ0v) is 10.6. The molecule has 0 atom stereocenters. The van der Waals surface area contributed by atoms with E-state index in [1.165, 1.54) is 23.1 Å². The van der Waals surface area contributed by atoms with Gasteiger partial charge < -0.3 is 21.5 Å². The van der Waals surface area contributed by atoms with Crippen molar-refractivity contribution in [3.8, 4) is 0 Å². The van der Waals surface area contributed by atoms with Gasteiger partial charge in [-0.15, -0.1) is 0 Å². The van der Waals surface area contributed by atoms with E-state index in [1.807, 2.05) is 0 Å². The summed E-state index contributed by atoms with van der Waals surface area (Å²) in [5, 5.41) is 9.31. The van der Waals surface area contributed by atoms with Gasteiger partial charge in [0.2, 0.25) is 11.8 Å². The number of benzene rings is 1. The summed E-state index contributed by atoms with van der Waals surface area (Å²) in [6.07, 6.45) is 0. The predicted molar refractivity (Wildman–Crippen MR) is 69.0 cm³/mol. The van der Waals surface area contributed by atoms with Crippen LogP contribution in [0.5, 0.6) is 0 Å². The molecule has 0 aliphatic carbocycles. The van der Waals surface area contributed by atoms with E-state index < -0.39 is 17.8 Å². The fraction of sp³-hybridized carbons (Fsp3) is 0.182. The molecule has 5 N–H and O–H groups in total. The van der Waals surface area contributed by atoms with Gasteiger partial charge in [0.25, 0.3) is 0 Å². The van der Waals surface area contributed by atoms with E-state index in [9.17, 15) is 14.4 Å². The number of nitrogens with two attached hydrogens (primary N) is 2. The zero-order valence-electron chi connectivity index (χ0n) is 9.80. The molecular formula is C11H12ClN3O4. The van der Waals surface area contributed by atoms with Gasteiger partial charge in [0.05, 0.1) is 24.3 Å². The summed E-state index contributed by atoms with van der Waals surface area (Å²) in [7, 11) is 0. The average Bonchev–Trinajstić information content (AvgIpc) is 2.26. The number of rotatable bonds is 6. The number of nitrogens with zero attached hydrogens (tertiary/aromatic N) is 1. The molecule has 2 amide bonds. The lowest BCUT2D eigenvalue weighted by Gasteiger charge is -2.23. The summed E-state index contributed by atoms with van der Waals surface area (Å²) in [4.78, 5) is 34.3. The first-order valence-electron chi connectivity index (χ1n) is 5.15. The number of carboxylic acids is 1. The van der Waals surface area contributed by atoms with Crippen molar-refractivity contribution >= 4 is 35.1 Å². The van der Waals surface area contributed by atoms with Crippen LogP contribution in [0, 0.1) is 0 Å². The lowest BCUT2D eigenvalue weighted by Crippen LogP contribution is -2.40. The van der Waals surface area contributed by atoms with Crippen molar-refractivity contribution < 1.29 is 19.5 Å². The highest BCUT2D eigenvalue weighted by Gasteiger charge is 2.19. The number of primary amides is 2. The molecule has 0 aromatic heterocycles. The van der Waals surface area contributed by atoms with Crippen LogP contribution in [-0.4, -0.2) is 36.0 Å². The minimum atomic E-state index is -1.24. The number of carbonyl (C=O) groups is 3. The van der Waals surface area contributed by atoms with Gasteiger partial charge in [-0.2, -0.15) is 0 Å². The minimum Gasteiger partial charge on any atom is -0.478 e. The second kappa shape index (κ2) is 6.05. The largest absolute Gasteiger partial charge is 0.478 e. The van der Waals surface area contributed by atoms with Gasteiger partial charge in [-0.25, -0.2) is 4.79 Å². The van der Waals surface area contributed by atoms with Crippen LogP contribution in [0.3, 0.4) is 0 Å². The molecule has 0 saturated heterocycles. The Labute approximate surface area is 113 Å². The third-order valence-corrected chi connectivity index (χ3v) is 2.46. The van der Waals surface area contributed by atoms with Crippen LogP contribution >= 0.6 is 11.6 Å². The summed E-state index contributed by atoms with van der Waals surface area (Å²) in [6.45, 7) is -0.657. The van der Waals surface area contributed by atoms with Crippen LogP contribution < -0.4 is 16.4 Å². The first-order chi connectivity index (χ1) is 8.81. The van der Waals surface area contributed by atoms with Crippen molar-refractivity contribution in [3.63, 3.8) is 0 Å². The maximum atomic E-state index is 11.1. The van der Waals surface area contributed by atoms with E-state index in [-0.39, 0.29) is 29.4 Å². The third-order valence-electron chi connectivity index (χ3n) is 2.22. The molecule has 0 spiro atoms. The Balaban J connectivity index is 3.24. The molecule has 0 unspecified atom stereocenters. The molecule has 1 aromatic rings. The number of hydrogen-bond donors (Lipinski definition) is 3. The van der Waals surface area contributed by atoms with E-state index in [2.05, 4.69) is 0 Å². The van der Waals surface area contributed by atoms with Crippen LogP contribution in [0.25, 0.3) is 0 Å². The number of hydrogen-bond acceptors (Lipinski definition) is 4. The van der Waals surface area contributed by atoms with E-state index in [4.69, 9.17) is 28.2 Å². The molecule has 1 rings (SSSR count). The van der Waals surface area contributed by atoms with Crippen LogP contribution in [0.1, 0.15) is 10.4 Å². The number of amides is 2. The maximum absolute atomic E-state index is 11.1. The molecule has 0 aliphatic rings. The van der Waals surface area contributed by atoms with Crippen molar-refractivity contribution in [1.29, 1.82) is 0 Å². The van der Waals surface area contributed by atoms with E-state index in [0.717, 1.165) is 0 Å². The lowest BCUT2D eigenvalue weighted by atomic mass is 10.1. The minimum absolute atomic E-state index is 0.144. The number of halogens is 1. The Morgan fingerprint density at radius 1 is 1.16 bits per heavy atom. The zero-order chi connectivity index (χ0) is 14.6. The standard InChI is InChI=1S/C11H12ClN3O4/c12-6-1-2-8(7(3-6)11(18)19)15(4-9(13)16)5-10(14)17/h1-3H,4-5H2,(H2,13,16)(H2,14,17)(H,18,19). The molecule has 0 fully saturated rings. The van der Waals surface area contributed by atoms with Crippen molar-refractivity contribution in [2.24, 2.45) is 11.5 Å². The van der Waals surface area contributed by atoms with Gasteiger partial charge in [-0.1, -0.05) is 11.6 Å². The van der Waals surface area contributed by atoms with Crippen LogP contribution in [0.15, 0.2) is 18.2 Å². The summed E-state index contributed by atoms with van der Waals surface area (Å²) in [5.74, 6) is -2.67. The maximum Gasteiger partial charge on any atom is 0.337 e. The smallest absolute Gasteiger partial charge is 0.337 e. The number of anilines is 1. The van der Waals surface area contributed by atoms with Crippen molar-refractivity contribution in [2.75, 3.05) is 18.0 Å². The van der Waals surface area contributed by atoms with E-state index >= 15 is 0 Å². The molecule has 7 nitrogen and oxygen atoms in total. The molecule has 0 heterocycles. The Hall–Kier alpha value is -2.28. The molecule has 1 aromatic carbocycles. The van der Waals surface area contributed by atoms with Crippen LogP contribution in [0.2, 0.25) is 5.02 Å². The number of aromatic carboxylic acids is 1. The lowest BCUT2D eigenvalue weighted by molar-refractivity contribution is -0.117. The van der Waals surface area contributed by atoms with Crippen LogP contribution in [-0.2, 0) is 9.59 Å². The normalized spacial score (nSPS) is 9.95. The van der Waals surface area contributed by atoms with Gasteiger partial charge >= 0.3 is 5.97 Å². The van der Waals surface area contributed by atoms with Crippen LogP contribution in [0.4, 0.5) is 5.69 Å². The fourth-order valence-corrected chi connectivity index (χ4v) is 1.73. The summed E-state index contributed by atoms with van der Waals surface area (Å²) < 4.78 is 0. The summed E-state index contributed by atoms with van der Waals surface area (Å²) in [6, 6.07) is 4.05. The first-order valence-corrected chi connectivity index (χ1v) is 5.53. The quantitative estimate of drug-likeness (QED) is 0.668. The second-order valence-electron chi connectivity index (χ2n) is 3.76. The summed E-state index contributed by atoms with van der Waals surface area (Å²) >= 11 is 5.71.